The Balaban J connectivity index is 0.00000300. The smallest absolute Gasteiger partial charge is 0.225 e. The molecular weight excluding hydrogens is 479 g/mol. The van der Waals surface area contributed by atoms with Gasteiger partial charge in [0.1, 0.15) is 12.4 Å². The quantitative estimate of drug-likeness (QED) is 0.332. The first kappa shape index (κ1) is 24.0. The van der Waals surface area contributed by atoms with Crippen molar-refractivity contribution in [1.82, 2.24) is 25.1 Å². The van der Waals surface area contributed by atoms with Gasteiger partial charge in [-0.25, -0.2) is 9.98 Å². The molecule has 0 aromatic carbocycles. The summed E-state index contributed by atoms with van der Waals surface area (Å²) in [6.07, 6.45) is 9.39. The predicted molar refractivity (Wildman–Crippen MR) is 127 cm³/mol. The highest BCUT2D eigenvalue weighted by Gasteiger charge is 2.32. The van der Waals surface area contributed by atoms with Crippen molar-refractivity contribution >= 4 is 35.8 Å². The second kappa shape index (κ2) is 11.8. The first-order valence-electron chi connectivity index (χ1n) is 10.9. The number of guanidine groups is 1. The van der Waals surface area contributed by atoms with Crippen LogP contribution in [0.25, 0.3) is 0 Å². The molecule has 0 bridgehead atoms. The number of halogens is 1. The van der Waals surface area contributed by atoms with Crippen LogP contribution < -0.4 is 10.6 Å². The third-order valence-corrected chi connectivity index (χ3v) is 5.63. The van der Waals surface area contributed by atoms with E-state index in [1.54, 1.807) is 0 Å². The lowest BCUT2D eigenvalue weighted by atomic mass is 10.1. The summed E-state index contributed by atoms with van der Waals surface area (Å²) < 4.78 is 2.18. The molecule has 2 aliphatic rings. The van der Waals surface area contributed by atoms with E-state index >= 15 is 0 Å². The second-order valence-electron chi connectivity index (χ2n) is 8.48. The number of carbonyl (C=O) groups excluding carboxylic acids is 1. The van der Waals surface area contributed by atoms with E-state index in [9.17, 15) is 4.79 Å². The fourth-order valence-corrected chi connectivity index (χ4v) is 4.22. The minimum absolute atomic E-state index is 0. The summed E-state index contributed by atoms with van der Waals surface area (Å²) in [6.45, 7) is 10.4. The Morgan fingerprint density at radius 1 is 1.31 bits per heavy atom. The standard InChI is InChI=1S/C21H36N6O.HI/c1-4-22-21(24-13-19-23-10-12-26(19)14-16(2)3)25-18-9-11-27(15-18)20(28)17-7-5-6-8-17;/h10,12,16-18H,4-9,11,13-15H2,1-3H3,(H2,22,24,25);1H. The molecule has 7 nitrogen and oxygen atoms in total. The molecular formula is C21H37IN6O. The molecule has 8 heteroatoms. The van der Waals surface area contributed by atoms with Gasteiger partial charge in [0.05, 0.1) is 0 Å². The van der Waals surface area contributed by atoms with Gasteiger partial charge < -0.3 is 20.1 Å². The van der Waals surface area contributed by atoms with Crippen LogP contribution in [0, 0.1) is 11.8 Å². The van der Waals surface area contributed by atoms with E-state index < -0.39 is 0 Å². The maximum absolute atomic E-state index is 12.7. The third kappa shape index (κ3) is 6.86. The van der Waals surface area contributed by atoms with Crippen molar-refractivity contribution in [2.24, 2.45) is 16.8 Å². The van der Waals surface area contributed by atoms with Crippen LogP contribution in [0.2, 0.25) is 0 Å². The van der Waals surface area contributed by atoms with Crippen molar-refractivity contribution in [2.75, 3.05) is 19.6 Å². The number of likely N-dealkylation sites (tertiary alicyclic amines) is 1. The predicted octanol–water partition coefficient (Wildman–Crippen LogP) is 3.00. The van der Waals surface area contributed by atoms with Crippen LogP contribution in [0.3, 0.4) is 0 Å². The fourth-order valence-electron chi connectivity index (χ4n) is 4.22. The Bertz CT molecular complexity index is 668. The van der Waals surface area contributed by atoms with E-state index in [1.807, 2.05) is 17.3 Å². The van der Waals surface area contributed by atoms with Crippen LogP contribution in [0.15, 0.2) is 17.4 Å². The highest BCUT2D eigenvalue weighted by molar-refractivity contribution is 14.0. The Kier molecular flexibility index (Phi) is 9.71. The number of hydrogen-bond donors (Lipinski definition) is 2. The molecule has 0 spiro atoms. The lowest BCUT2D eigenvalue weighted by Gasteiger charge is -2.21. The molecule has 2 N–H and O–H groups in total. The van der Waals surface area contributed by atoms with Crippen LogP contribution in [-0.2, 0) is 17.9 Å². The summed E-state index contributed by atoms with van der Waals surface area (Å²) in [5.41, 5.74) is 0. The molecule has 3 rings (SSSR count). The summed E-state index contributed by atoms with van der Waals surface area (Å²) in [7, 11) is 0. The lowest BCUT2D eigenvalue weighted by Crippen LogP contribution is -2.45. The Morgan fingerprint density at radius 3 is 2.76 bits per heavy atom. The number of nitrogens with one attached hydrogen (secondary N) is 2. The van der Waals surface area contributed by atoms with Gasteiger partial charge >= 0.3 is 0 Å². The zero-order chi connectivity index (χ0) is 19.9. The topological polar surface area (TPSA) is 74.6 Å². The van der Waals surface area contributed by atoms with Gasteiger partial charge in [-0.05, 0) is 32.1 Å². The van der Waals surface area contributed by atoms with E-state index in [4.69, 9.17) is 4.99 Å². The number of aliphatic imine (C=N–C) groups is 1. The first-order chi connectivity index (χ1) is 13.6. The number of carbonyl (C=O) groups is 1. The molecule has 1 aliphatic carbocycles. The van der Waals surface area contributed by atoms with Crippen LogP contribution in [0.4, 0.5) is 0 Å². The number of hydrogen-bond acceptors (Lipinski definition) is 3. The molecule has 1 amide bonds. The van der Waals surface area contributed by atoms with E-state index in [0.717, 1.165) is 57.2 Å². The largest absolute Gasteiger partial charge is 0.357 e. The van der Waals surface area contributed by atoms with Crippen molar-refractivity contribution in [1.29, 1.82) is 0 Å². The third-order valence-electron chi connectivity index (χ3n) is 5.63. The van der Waals surface area contributed by atoms with Gasteiger partial charge in [0.15, 0.2) is 5.96 Å². The number of nitrogens with zero attached hydrogens (tertiary/aromatic N) is 4. The summed E-state index contributed by atoms with van der Waals surface area (Å²) >= 11 is 0. The molecule has 29 heavy (non-hydrogen) atoms. The van der Waals surface area contributed by atoms with Crippen LogP contribution in [0.5, 0.6) is 0 Å². The van der Waals surface area contributed by atoms with Gasteiger partial charge in [-0.2, -0.15) is 0 Å². The maximum atomic E-state index is 12.7. The number of amides is 1. The Hall–Kier alpha value is -1.32. The van der Waals surface area contributed by atoms with Gasteiger partial charge in [0, 0.05) is 50.5 Å². The first-order valence-corrected chi connectivity index (χ1v) is 10.9. The SMILES string of the molecule is CCNC(=NCc1nccn1CC(C)C)NC1CCN(C(=O)C2CCCC2)C1.I. The van der Waals surface area contributed by atoms with E-state index in [2.05, 4.69) is 41.0 Å². The van der Waals surface area contributed by atoms with Crippen molar-refractivity contribution in [2.45, 2.75) is 72.0 Å². The summed E-state index contributed by atoms with van der Waals surface area (Å²) in [5.74, 6) is 2.99. The maximum Gasteiger partial charge on any atom is 0.225 e. The van der Waals surface area contributed by atoms with E-state index in [-0.39, 0.29) is 35.9 Å². The molecule has 1 aromatic heterocycles. The van der Waals surface area contributed by atoms with Gasteiger partial charge in [0.2, 0.25) is 5.91 Å². The number of aromatic nitrogens is 2. The van der Waals surface area contributed by atoms with E-state index in [0.29, 0.717) is 18.4 Å². The molecule has 1 saturated heterocycles. The second-order valence-corrected chi connectivity index (χ2v) is 8.48. The monoisotopic (exact) mass is 516 g/mol. The van der Waals surface area contributed by atoms with Gasteiger partial charge in [-0.1, -0.05) is 26.7 Å². The molecule has 1 atom stereocenters. The Morgan fingerprint density at radius 2 is 2.07 bits per heavy atom. The molecule has 2 fully saturated rings. The highest BCUT2D eigenvalue weighted by Crippen LogP contribution is 2.27. The van der Waals surface area contributed by atoms with Crippen molar-refractivity contribution in [3.8, 4) is 0 Å². The molecule has 1 aromatic rings. The number of imidazole rings is 1. The van der Waals surface area contributed by atoms with Crippen molar-refractivity contribution in [3.63, 3.8) is 0 Å². The molecule has 0 radical (unpaired) electrons. The number of rotatable bonds is 7. The fraction of sp³-hybridized carbons (Fsp3) is 0.762. The highest BCUT2D eigenvalue weighted by atomic mass is 127. The lowest BCUT2D eigenvalue weighted by molar-refractivity contribution is -0.134. The summed E-state index contributed by atoms with van der Waals surface area (Å²) in [6, 6.07) is 0.263. The van der Waals surface area contributed by atoms with Gasteiger partial charge in [-0.15, -0.1) is 24.0 Å². The molecule has 2 heterocycles. The summed E-state index contributed by atoms with van der Waals surface area (Å²) in [5, 5.41) is 6.85. The minimum Gasteiger partial charge on any atom is -0.357 e. The average molecular weight is 516 g/mol. The molecule has 1 aliphatic heterocycles. The average Bonchev–Trinajstić information content (AvgIpc) is 3.41. The molecule has 164 valence electrons. The zero-order valence-electron chi connectivity index (χ0n) is 18.1. The zero-order valence-corrected chi connectivity index (χ0v) is 20.4. The molecule has 1 unspecified atom stereocenters. The van der Waals surface area contributed by atoms with Crippen molar-refractivity contribution in [3.05, 3.63) is 18.2 Å². The minimum atomic E-state index is 0. The normalized spacial score (nSPS) is 20.2. The van der Waals surface area contributed by atoms with Gasteiger partial charge in [0.25, 0.3) is 0 Å². The van der Waals surface area contributed by atoms with Crippen LogP contribution in [-0.4, -0.2) is 52.0 Å². The van der Waals surface area contributed by atoms with Crippen LogP contribution >= 0.6 is 24.0 Å². The van der Waals surface area contributed by atoms with E-state index in [1.165, 1.54) is 12.8 Å². The van der Waals surface area contributed by atoms with Crippen LogP contribution in [0.1, 0.15) is 58.7 Å². The molecule has 1 saturated carbocycles. The van der Waals surface area contributed by atoms with Gasteiger partial charge in [-0.3, -0.25) is 4.79 Å². The van der Waals surface area contributed by atoms with Crippen molar-refractivity contribution < 1.29 is 4.79 Å². The Labute approximate surface area is 192 Å². The summed E-state index contributed by atoms with van der Waals surface area (Å²) in [4.78, 5) is 23.9.